The van der Waals surface area contributed by atoms with E-state index >= 15 is 0 Å². The number of hydrogen-bond acceptors (Lipinski definition) is 4. The van der Waals surface area contributed by atoms with Crippen LogP contribution in [-0.4, -0.2) is 28.3 Å². The summed E-state index contributed by atoms with van der Waals surface area (Å²) in [5.41, 5.74) is 0.476. The molecule has 0 amide bonds. The van der Waals surface area contributed by atoms with Gasteiger partial charge in [-0.3, -0.25) is 15.1 Å². The first kappa shape index (κ1) is 14.8. The first-order chi connectivity index (χ1) is 8.90. The third-order valence-corrected chi connectivity index (χ3v) is 2.46. The van der Waals surface area contributed by atoms with E-state index < -0.39 is 16.9 Å². The van der Waals surface area contributed by atoms with Gasteiger partial charge in [-0.25, -0.2) is 4.79 Å². The first-order valence-corrected chi connectivity index (χ1v) is 5.90. The van der Waals surface area contributed by atoms with Crippen molar-refractivity contribution in [3.05, 3.63) is 39.9 Å². The Morgan fingerprint density at radius 1 is 1.53 bits per heavy atom. The molecule has 1 aromatic rings. The van der Waals surface area contributed by atoms with Crippen molar-refractivity contribution in [2.75, 3.05) is 0 Å². The van der Waals surface area contributed by atoms with E-state index in [1.165, 1.54) is 24.4 Å². The molecule has 1 unspecified atom stereocenters. The Bertz CT molecular complexity index is 497. The first-order valence-electron chi connectivity index (χ1n) is 5.90. The molecule has 0 aromatic heterocycles. The third-order valence-electron chi connectivity index (χ3n) is 2.46. The molecule has 0 fully saturated rings. The lowest BCUT2D eigenvalue weighted by molar-refractivity contribution is -0.384. The SMILES string of the molecule is CC(C)CC(N=Cc1cccc([N+](=O)[O-])c1)C(=O)O. The van der Waals surface area contributed by atoms with E-state index in [1.807, 2.05) is 13.8 Å². The highest BCUT2D eigenvalue weighted by atomic mass is 16.6. The monoisotopic (exact) mass is 264 g/mol. The van der Waals surface area contributed by atoms with Gasteiger partial charge in [-0.05, 0) is 17.9 Å². The molecule has 0 heterocycles. The van der Waals surface area contributed by atoms with Gasteiger partial charge in [0.05, 0.1) is 4.92 Å². The molecule has 0 saturated heterocycles. The van der Waals surface area contributed by atoms with Crippen LogP contribution in [0, 0.1) is 16.0 Å². The number of carboxylic acids is 1. The van der Waals surface area contributed by atoms with Gasteiger partial charge in [-0.1, -0.05) is 26.0 Å². The Morgan fingerprint density at radius 3 is 2.74 bits per heavy atom. The summed E-state index contributed by atoms with van der Waals surface area (Å²) in [5, 5.41) is 19.6. The standard InChI is InChI=1S/C13H16N2O4/c1-9(2)6-12(13(16)17)14-8-10-4-3-5-11(7-10)15(18)19/h3-5,7-9,12H,6H2,1-2H3,(H,16,17). The van der Waals surface area contributed by atoms with E-state index in [4.69, 9.17) is 5.11 Å². The summed E-state index contributed by atoms with van der Waals surface area (Å²) in [5.74, 6) is -0.779. The number of non-ortho nitro benzene ring substituents is 1. The number of nitro benzene ring substituents is 1. The molecule has 0 aliphatic heterocycles. The van der Waals surface area contributed by atoms with Crippen LogP contribution in [0.5, 0.6) is 0 Å². The van der Waals surface area contributed by atoms with Crippen molar-refractivity contribution < 1.29 is 14.8 Å². The van der Waals surface area contributed by atoms with Crippen LogP contribution in [0.3, 0.4) is 0 Å². The second-order valence-electron chi connectivity index (χ2n) is 4.61. The molecule has 1 N–H and O–H groups in total. The van der Waals surface area contributed by atoms with Crippen molar-refractivity contribution in [3.8, 4) is 0 Å². The predicted molar refractivity (Wildman–Crippen MR) is 71.6 cm³/mol. The lowest BCUT2D eigenvalue weighted by atomic mass is 10.0. The van der Waals surface area contributed by atoms with E-state index in [1.54, 1.807) is 6.07 Å². The molecule has 0 radical (unpaired) electrons. The summed E-state index contributed by atoms with van der Waals surface area (Å²) in [7, 11) is 0. The van der Waals surface area contributed by atoms with Gasteiger partial charge in [0.15, 0.2) is 0 Å². The molecule has 0 aliphatic rings. The Balaban J connectivity index is 2.86. The summed E-state index contributed by atoms with van der Waals surface area (Å²) >= 11 is 0. The van der Waals surface area contributed by atoms with Crippen LogP contribution < -0.4 is 0 Å². The van der Waals surface area contributed by atoms with Crippen LogP contribution in [0.4, 0.5) is 5.69 Å². The molecule has 0 aliphatic carbocycles. The van der Waals surface area contributed by atoms with Crippen LogP contribution in [0.1, 0.15) is 25.8 Å². The maximum atomic E-state index is 11.0. The Hall–Kier alpha value is -2.24. The van der Waals surface area contributed by atoms with Gasteiger partial charge in [0.1, 0.15) is 6.04 Å². The van der Waals surface area contributed by atoms with Gasteiger partial charge in [0.2, 0.25) is 0 Å². The number of carboxylic acid groups (broad SMARTS) is 1. The number of carbonyl (C=O) groups is 1. The second kappa shape index (κ2) is 6.63. The molecule has 1 aromatic carbocycles. The molecule has 0 bridgehead atoms. The van der Waals surface area contributed by atoms with Crippen molar-refractivity contribution in [1.29, 1.82) is 0 Å². The number of aliphatic carboxylic acids is 1. The summed E-state index contributed by atoms with van der Waals surface area (Å²) < 4.78 is 0. The van der Waals surface area contributed by atoms with Crippen molar-refractivity contribution in [2.24, 2.45) is 10.9 Å². The zero-order valence-electron chi connectivity index (χ0n) is 10.8. The highest BCUT2D eigenvalue weighted by Crippen LogP contribution is 2.13. The molecular formula is C13H16N2O4. The largest absolute Gasteiger partial charge is 0.480 e. The Labute approximate surface area is 110 Å². The molecule has 19 heavy (non-hydrogen) atoms. The molecule has 6 nitrogen and oxygen atoms in total. The zero-order chi connectivity index (χ0) is 14.4. The quantitative estimate of drug-likeness (QED) is 0.485. The van der Waals surface area contributed by atoms with E-state index in [0.29, 0.717) is 12.0 Å². The van der Waals surface area contributed by atoms with Gasteiger partial charge in [-0.15, -0.1) is 0 Å². The molecule has 1 atom stereocenters. The number of nitro groups is 1. The van der Waals surface area contributed by atoms with Crippen LogP contribution in [0.25, 0.3) is 0 Å². The lowest BCUT2D eigenvalue weighted by Crippen LogP contribution is -2.20. The summed E-state index contributed by atoms with van der Waals surface area (Å²) in [4.78, 5) is 25.1. The summed E-state index contributed by atoms with van der Waals surface area (Å²) in [6.45, 7) is 3.83. The minimum atomic E-state index is -0.990. The normalized spacial score (nSPS) is 12.8. The van der Waals surface area contributed by atoms with E-state index in [9.17, 15) is 14.9 Å². The lowest BCUT2D eigenvalue weighted by Gasteiger charge is -2.09. The minimum Gasteiger partial charge on any atom is -0.480 e. The third kappa shape index (κ3) is 4.87. The average Bonchev–Trinajstić information content (AvgIpc) is 2.34. The highest BCUT2D eigenvalue weighted by Gasteiger charge is 2.16. The highest BCUT2D eigenvalue weighted by molar-refractivity contribution is 5.84. The van der Waals surface area contributed by atoms with Crippen molar-refractivity contribution in [2.45, 2.75) is 26.3 Å². The minimum absolute atomic E-state index is 0.0420. The van der Waals surface area contributed by atoms with Gasteiger partial charge < -0.3 is 5.11 Å². The maximum Gasteiger partial charge on any atom is 0.328 e. The maximum absolute atomic E-state index is 11.0. The summed E-state index contributed by atoms with van der Waals surface area (Å²) in [6, 6.07) is 5.10. The van der Waals surface area contributed by atoms with Crippen LogP contribution in [0.2, 0.25) is 0 Å². The molecule has 1 rings (SSSR count). The fourth-order valence-electron chi connectivity index (χ4n) is 1.57. The summed E-state index contributed by atoms with van der Waals surface area (Å²) in [6.07, 6.45) is 1.80. The van der Waals surface area contributed by atoms with Gasteiger partial charge in [0, 0.05) is 18.3 Å². The van der Waals surface area contributed by atoms with E-state index in [0.717, 1.165) is 0 Å². The topological polar surface area (TPSA) is 92.8 Å². The van der Waals surface area contributed by atoms with Crippen LogP contribution >= 0.6 is 0 Å². The van der Waals surface area contributed by atoms with Crippen molar-refractivity contribution in [1.82, 2.24) is 0 Å². The van der Waals surface area contributed by atoms with Crippen molar-refractivity contribution >= 4 is 17.9 Å². The predicted octanol–water partition coefficient (Wildman–Crippen LogP) is 2.51. The fourth-order valence-corrected chi connectivity index (χ4v) is 1.57. The van der Waals surface area contributed by atoms with Gasteiger partial charge >= 0.3 is 5.97 Å². The number of nitrogens with zero attached hydrogens (tertiary/aromatic N) is 2. The second-order valence-corrected chi connectivity index (χ2v) is 4.61. The Morgan fingerprint density at radius 2 is 2.21 bits per heavy atom. The molecule has 0 spiro atoms. The van der Waals surface area contributed by atoms with Crippen LogP contribution in [0.15, 0.2) is 29.3 Å². The van der Waals surface area contributed by atoms with Crippen LogP contribution in [-0.2, 0) is 4.79 Å². The molecule has 6 heteroatoms. The smallest absolute Gasteiger partial charge is 0.328 e. The average molecular weight is 264 g/mol. The number of hydrogen-bond donors (Lipinski definition) is 1. The van der Waals surface area contributed by atoms with Gasteiger partial charge in [0.25, 0.3) is 5.69 Å². The number of benzene rings is 1. The van der Waals surface area contributed by atoms with E-state index in [2.05, 4.69) is 4.99 Å². The van der Waals surface area contributed by atoms with E-state index in [-0.39, 0.29) is 11.6 Å². The number of rotatable bonds is 6. The van der Waals surface area contributed by atoms with Gasteiger partial charge in [-0.2, -0.15) is 0 Å². The zero-order valence-corrected chi connectivity index (χ0v) is 10.8. The number of aliphatic imine (C=N–C) groups is 1. The fraction of sp³-hybridized carbons (Fsp3) is 0.385. The molecule has 0 saturated carbocycles. The molecule has 102 valence electrons. The molecular weight excluding hydrogens is 248 g/mol. The van der Waals surface area contributed by atoms with Crippen molar-refractivity contribution in [3.63, 3.8) is 0 Å². The Kier molecular flexibility index (Phi) is 5.17.